The van der Waals surface area contributed by atoms with Crippen LogP contribution in [-0.2, 0) is 0 Å². The van der Waals surface area contributed by atoms with Crippen LogP contribution in [0.4, 0.5) is 11.5 Å². The van der Waals surface area contributed by atoms with Crippen molar-refractivity contribution in [1.29, 1.82) is 0 Å². The van der Waals surface area contributed by atoms with Gasteiger partial charge in [0.1, 0.15) is 5.82 Å². The standard InChI is InChI=1S/C13H20N4O2/c1-16(6-7-17-4-2-3-5-17)12-8-10(13(18)19)11(14)9-15-12/h8-9H,2-7,14H2,1H3,(H,18,19). The van der Waals surface area contributed by atoms with Gasteiger partial charge in [-0.2, -0.15) is 0 Å². The lowest BCUT2D eigenvalue weighted by molar-refractivity contribution is 0.0698. The van der Waals surface area contributed by atoms with Crippen molar-refractivity contribution in [3.8, 4) is 0 Å². The first-order valence-corrected chi connectivity index (χ1v) is 6.50. The van der Waals surface area contributed by atoms with Crippen molar-refractivity contribution in [2.75, 3.05) is 43.9 Å². The summed E-state index contributed by atoms with van der Waals surface area (Å²) in [5.74, 6) is -0.375. The number of carbonyl (C=O) groups is 1. The van der Waals surface area contributed by atoms with Gasteiger partial charge in [-0.05, 0) is 32.0 Å². The molecule has 2 rings (SSSR count). The van der Waals surface area contributed by atoms with Gasteiger partial charge in [-0.15, -0.1) is 0 Å². The van der Waals surface area contributed by atoms with Crippen LogP contribution in [0.1, 0.15) is 23.2 Å². The largest absolute Gasteiger partial charge is 0.478 e. The maximum Gasteiger partial charge on any atom is 0.337 e. The zero-order valence-corrected chi connectivity index (χ0v) is 11.2. The number of likely N-dealkylation sites (N-methyl/N-ethyl adjacent to an activating group) is 1. The summed E-state index contributed by atoms with van der Waals surface area (Å²) in [6, 6.07) is 1.53. The molecule has 1 aliphatic heterocycles. The second kappa shape index (κ2) is 5.88. The van der Waals surface area contributed by atoms with Gasteiger partial charge in [0.2, 0.25) is 0 Å². The Kier molecular flexibility index (Phi) is 4.21. The fraction of sp³-hybridized carbons (Fsp3) is 0.538. The van der Waals surface area contributed by atoms with Gasteiger partial charge in [-0.1, -0.05) is 0 Å². The lowest BCUT2D eigenvalue weighted by atomic mass is 10.2. The monoisotopic (exact) mass is 264 g/mol. The number of anilines is 2. The summed E-state index contributed by atoms with van der Waals surface area (Å²) in [4.78, 5) is 19.6. The van der Waals surface area contributed by atoms with Gasteiger partial charge in [0, 0.05) is 20.1 Å². The number of nitrogen functional groups attached to an aromatic ring is 1. The molecule has 104 valence electrons. The minimum atomic E-state index is -1.02. The number of hydrogen-bond acceptors (Lipinski definition) is 5. The number of aromatic carboxylic acids is 1. The molecule has 1 aliphatic rings. The Bertz CT molecular complexity index is 458. The molecular formula is C13H20N4O2. The van der Waals surface area contributed by atoms with E-state index in [0.717, 1.165) is 26.2 Å². The summed E-state index contributed by atoms with van der Waals surface area (Å²) in [6.45, 7) is 4.12. The summed E-state index contributed by atoms with van der Waals surface area (Å²) < 4.78 is 0. The predicted molar refractivity (Wildman–Crippen MR) is 74.6 cm³/mol. The normalized spacial score (nSPS) is 15.6. The number of hydrogen-bond donors (Lipinski definition) is 2. The number of pyridine rings is 1. The number of rotatable bonds is 5. The van der Waals surface area contributed by atoms with Crippen molar-refractivity contribution < 1.29 is 9.90 Å². The van der Waals surface area contributed by atoms with E-state index in [9.17, 15) is 4.79 Å². The first-order valence-electron chi connectivity index (χ1n) is 6.50. The number of nitrogens with two attached hydrogens (primary N) is 1. The smallest absolute Gasteiger partial charge is 0.337 e. The Labute approximate surface area is 112 Å². The molecule has 1 aromatic heterocycles. The zero-order chi connectivity index (χ0) is 13.8. The van der Waals surface area contributed by atoms with E-state index in [-0.39, 0.29) is 11.3 Å². The maximum absolute atomic E-state index is 11.0. The molecule has 0 unspecified atom stereocenters. The Balaban J connectivity index is 1.99. The third-order valence-corrected chi connectivity index (χ3v) is 3.49. The molecule has 19 heavy (non-hydrogen) atoms. The first-order chi connectivity index (χ1) is 9.08. The topological polar surface area (TPSA) is 82.7 Å². The van der Waals surface area contributed by atoms with E-state index in [2.05, 4.69) is 9.88 Å². The van der Waals surface area contributed by atoms with Gasteiger partial charge >= 0.3 is 5.97 Å². The minimum Gasteiger partial charge on any atom is -0.478 e. The van der Waals surface area contributed by atoms with Gasteiger partial charge in [-0.25, -0.2) is 9.78 Å². The van der Waals surface area contributed by atoms with E-state index in [4.69, 9.17) is 10.8 Å². The fourth-order valence-corrected chi connectivity index (χ4v) is 2.26. The highest BCUT2D eigenvalue weighted by Gasteiger charge is 2.14. The number of carboxylic acid groups (broad SMARTS) is 1. The zero-order valence-electron chi connectivity index (χ0n) is 11.2. The molecule has 6 heteroatoms. The molecule has 0 saturated carbocycles. The van der Waals surface area contributed by atoms with Gasteiger partial charge < -0.3 is 20.6 Å². The molecule has 0 radical (unpaired) electrons. The van der Waals surface area contributed by atoms with Crippen LogP contribution in [0.15, 0.2) is 12.3 Å². The van der Waals surface area contributed by atoms with Gasteiger partial charge in [0.15, 0.2) is 0 Å². The van der Waals surface area contributed by atoms with E-state index in [0.29, 0.717) is 5.82 Å². The summed E-state index contributed by atoms with van der Waals surface area (Å²) in [6.07, 6.45) is 3.95. The quantitative estimate of drug-likeness (QED) is 0.822. The highest BCUT2D eigenvalue weighted by molar-refractivity contribution is 5.94. The molecule has 0 amide bonds. The molecule has 0 bridgehead atoms. The highest BCUT2D eigenvalue weighted by atomic mass is 16.4. The van der Waals surface area contributed by atoms with E-state index < -0.39 is 5.97 Å². The number of nitrogens with zero attached hydrogens (tertiary/aromatic N) is 3. The summed E-state index contributed by atoms with van der Waals surface area (Å²) in [5.41, 5.74) is 5.90. The van der Waals surface area contributed by atoms with Crippen molar-refractivity contribution in [2.45, 2.75) is 12.8 Å². The molecule has 6 nitrogen and oxygen atoms in total. The van der Waals surface area contributed by atoms with Gasteiger partial charge in [0.25, 0.3) is 0 Å². The molecule has 0 spiro atoms. The lowest BCUT2D eigenvalue weighted by Crippen LogP contribution is -2.31. The number of aromatic nitrogens is 1. The molecule has 0 aromatic carbocycles. The second-order valence-electron chi connectivity index (χ2n) is 4.91. The molecule has 1 aromatic rings. The third kappa shape index (κ3) is 3.35. The van der Waals surface area contributed by atoms with Gasteiger partial charge in [-0.3, -0.25) is 0 Å². The predicted octanol–water partition coefficient (Wildman–Crippen LogP) is 0.894. The molecule has 0 aliphatic carbocycles. The summed E-state index contributed by atoms with van der Waals surface area (Å²) in [5, 5.41) is 9.04. The van der Waals surface area contributed by atoms with Crippen LogP contribution in [0.3, 0.4) is 0 Å². The molecule has 3 N–H and O–H groups in total. The Morgan fingerprint density at radius 1 is 1.53 bits per heavy atom. The average molecular weight is 264 g/mol. The van der Waals surface area contributed by atoms with E-state index in [1.165, 1.54) is 25.1 Å². The van der Waals surface area contributed by atoms with Crippen molar-refractivity contribution in [3.63, 3.8) is 0 Å². The first kappa shape index (κ1) is 13.6. The SMILES string of the molecule is CN(CCN1CCCC1)c1cc(C(=O)O)c(N)cn1. The van der Waals surface area contributed by atoms with Crippen molar-refractivity contribution in [3.05, 3.63) is 17.8 Å². The van der Waals surface area contributed by atoms with Crippen molar-refractivity contribution in [2.24, 2.45) is 0 Å². The van der Waals surface area contributed by atoms with Gasteiger partial charge in [0.05, 0.1) is 17.4 Å². The Morgan fingerprint density at radius 2 is 2.21 bits per heavy atom. The van der Waals surface area contributed by atoms with Crippen LogP contribution < -0.4 is 10.6 Å². The van der Waals surface area contributed by atoms with Crippen LogP contribution >= 0.6 is 0 Å². The third-order valence-electron chi connectivity index (χ3n) is 3.49. The second-order valence-corrected chi connectivity index (χ2v) is 4.91. The molecule has 1 saturated heterocycles. The van der Waals surface area contributed by atoms with Crippen LogP contribution in [-0.4, -0.2) is 54.2 Å². The van der Waals surface area contributed by atoms with Crippen molar-refractivity contribution >= 4 is 17.5 Å². The Hall–Kier alpha value is -1.82. The summed E-state index contributed by atoms with van der Waals surface area (Å²) in [7, 11) is 1.92. The molecule has 1 fully saturated rings. The van der Waals surface area contributed by atoms with Crippen LogP contribution in [0.25, 0.3) is 0 Å². The number of carboxylic acids is 1. The number of likely N-dealkylation sites (tertiary alicyclic amines) is 1. The molecule has 2 heterocycles. The maximum atomic E-state index is 11.0. The van der Waals surface area contributed by atoms with Crippen LogP contribution in [0, 0.1) is 0 Å². The van der Waals surface area contributed by atoms with E-state index in [1.807, 2.05) is 11.9 Å². The highest BCUT2D eigenvalue weighted by Crippen LogP contribution is 2.17. The summed E-state index contributed by atoms with van der Waals surface area (Å²) >= 11 is 0. The van der Waals surface area contributed by atoms with E-state index in [1.54, 1.807) is 0 Å². The molecule has 0 atom stereocenters. The van der Waals surface area contributed by atoms with Crippen molar-refractivity contribution in [1.82, 2.24) is 9.88 Å². The lowest BCUT2D eigenvalue weighted by Gasteiger charge is -2.22. The Morgan fingerprint density at radius 3 is 2.84 bits per heavy atom. The fourth-order valence-electron chi connectivity index (χ4n) is 2.26. The molecular weight excluding hydrogens is 244 g/mol. The average Bonchev–Trinajstić information content (AvgIpc) is 2.89. The van der Waals surface area contributed by atoms with E-state index >= 15 is 0 Å². The minimum absolute atomic E-state index is 0.109. The van der Waals surface area contributed by atoms with Crippen LogP contribution in [0.2, 0.25) is 0 Å². The van der Waals surface area contributed by atoms with Crippen LogP contribution in [0.5, 0.6) is 0 Å².